The van der Waals surface area contributed by atoms with Crippen LogP contribution in [0.2, 0.25) is 0 Å². The zero-order valence-corrected chi connectivity index (χ0v) is 17.3. The van der Waals surface area contributed by atoms with Gasteiger partial charge in [-0.15, -0.1) is 0 Å². The minimum atomic E-state index is -0.668. The topological polar surface area (TPSA) is 64.6 Å². The highest BCUT2D eigenvalue weighted by Crippen LogP contribution is 2.48. The van der Waals surface area contributed by atoms with Gasteiger partial charge in [-0.3, -0.25) is 9.59 Å². The quantitative estimate of drug-likeness (QED) is 0.793. The summed E-state index contributed by atoms with van der Waals surface area (Å²) in [6.45, 7) is 11.9. The van der Waals surface area contributed by atoms with Gasteiger partial charge in [0.1, 0.15) is 11.7 Å². The second-order valence-electron chi connectivity index (χ2n) is 8.70. The van der Waals surface area contributed by atoms with Crippen molar-refractivity contribution in [2.45, 2.75) is 52.6 Å². The number of benzene rings is 1. The SMILES string of the molecule is C=C1NC2=C(C(=O)CC(C)(C)C2)C(c2cccc(OC)c2)C1C(=O)OC(C)C. The summed E-state index contributed by atoms with van der Waals surface area (Å²) in [6.07, 6.45) is 0.939. The number of esters is 1. The van der Waals surface area contributed by atoms with E-state index in [9.17, 15) is 9.59 Å². The molecule has 0 radical (unpaired) electrons. The van der Waals surface area contributed by atoms with Crippen molar-refractivity contribution in [1.29, 1.82) is 0 Å². The molecule has 5 heteroatoms. The third-order valence-electron chi connectivity index (χ3n) is 5.31. The summed E-state index contributed by atoms with van der Waals surface area (Å²) in [7, 11) is 1.60. The Balaban J connectivity index is 2.16. The van der Waals surface area contributed by atoms with E-state index in [1.165, 1.54) is 0 Å². The van der Waals surface area contributed by atoms with E-state index in [0.717, 1.165) is 17.7 Å². The molecule has 0 fully saturated rings. The highest BCUT2D eigenvalue weighted by atomic mass is 16.5. The van der Waals surface area contributed by atoms with Crippen LogP contribution in [0.3, 0.4) is 0 Å². The minimum absolute atomic E-state index is 0.0708. The molecule has 28 heavy (non-hydrogen) atoms. The molecule has 0 spiro atoms. The van der Waals surface area contributed by atoms with Crippen molar-refractivity contribution >= 4 is 11.8 Å². The van der Waals surface area contributed by atoms with Gasteiger partial charge in [0.2, 0.25) is 0 Å². The Morgan fingerprint density at radius 2 is 2.00 bits per heavy atom. The van der Waals surface area contributed by atoms with E-state index in [2.05, 4.69) is 25.7 Å². The smallest absolute Gasteiger partial charge is 0.316 e. The van der Waals surface area contributed by atoms with Crippen LogP contribution < -0.4 is 10.1 Å². The first kappa shape index (κ1) is 20.2. The van der Waals surface area contributed by atoms with Crippen molar-refractivity contribution in [3.63, 3.8) is 0 Å². The maximum absolute atomic E-state index is 13.2. The summed E-state index contributed by atoms with van der Waals surface area (Å²) in [5.41, 5.74) is 2.84. The molecule has 150 valence electrons. The number of carbonyl (C=O) groups excluding carboxylic acids is 2. The van der Waals surface area contributed by atoms with Crippen LogP contribution in [0.15, 0.2) is 47.8 Å². The standard InChI is InChI=1S/C23H29NO4/c1-13(2)28-22(26)19-14(3)24-17-11-23(4,5)12-18(25)21(17)20(19)15-8-7-9-16(10-15)27-6/h7-10,13,19-20,24H,3,11-12H2,1-2,4-6H3. The van der Waals surface area contributed by atoms with Gasteiger partial charge in [0.05, 0.1) is 13.2 Å². The normalized spacial score (nSPS) is 23.9. The van der Waals surface area contributed by atoms with Crippen molar-refractivity contribution in [2.24, 2.45) is 11.3 Å². The number of ether oxygens (including phenoxy) is 2. The van der Waals surface area contributed by atoms with Gasteiger partial charge in [-0.1, -0.05) is 32.6 Å². The molecule has 5 nitrogen and oxygen atoms in total. The van der Waals surface area contributed by atoms with Crippen LogP contribution in [0.1, 0.15) is 52.0 Å². The summed E-state index contributed by atoms with van der Waals surface area (Å²) >= 11 is 0. The Bertz CT molecular complexity index is 850. The number of carbonyl (C=O) groups is 2. The lowest BCUT2D eigenvalue weighted by atomic mass is 9.66. The molecule has 1 aromatic rings. The van der Waals surface area contributed by atoms with E-state index in [-0.39, 0.29) is 23.3 Å². The van der Waals surface area contributed by atoms with E-state index in [1.54, 1.807) is 7.11 Å². The Morgan fingerprint density at radius 1 is 1.29 bits per heavy atom. The van der Waals surface area contributed by atoms with Crippen LogP contribution in [-0.4, -0.2) is 25.0 Å². The fourth-order valence-corrected chi connectivity index (χ4v) is 4.22. The molecule has 1 aliphatic heterocycles. The second-order valence-corrected chi connectivity index (χ2v) is 8.70. The number of Topliss-reactive ketones (excluding diaryl/α,β-unsaturated/α-hetero) is 1. The molecule has 1 aliphatic carbocycles. The monoisotopic (exact) mass is 383 g/mol. The lowest BCUT2D eigenvalue weighted by Gasteiger charge is -2.42. The average molecular weight is 383 g/mol. The molecule has 2 aliphatic rings. The number of nitrogens with one attached hydrogen (secondary N) is 1. The molecule has 1 heterocycles. The summed E-state index contributed by atoms with van der Waals surface area (Å²) in [5, 5.41) is 3.27. The molecule has 2 atom stereocenters. The molecule has 0 saturated carbocycles. The second kappa shape index (κ2) is 7.46. The highest BCUT2D eigenvalue weighted by molar-refractivity contribution is 6.00. The molecular formula is C23H29NO4. The predicted octanol–water partition coefficient (Wildman–Crippen LogP) is 4.11. The number of hydrogen-bond acceptors (Lipinski definition) is 5. The molecule has 1 aromatic carbocycles. The van der Waals surface area contributed by atoms with Crippen molar-refractivity contribution < 1.29 is 19.1 Å². The van der Waals surface area contributed by atoms with Crippen LogP contribution in [0.25, 0.3) is 0 Å². The summed E-state index contributed by atoms with van der Waals surface area (Å²) < 4.78 is 10.9. The lowest BCUT2D eigenvalue weighted by molar-refractivity contribution is -0.151. The summed E-state index contributed by atoms with van der Waals surface area (Å²) in [5.74, 6) is -0.721. The molecule has 1 N–H and O–H groups in total. The van der Waals surface area contributed by atoms with Crippen molar-refractivity contribution in [2.75, 3.05) is 7.11 Å². The van der Waals surface area contributed by atoms with Gasteiger partial charge in [-0.05, 0) is 43.4 Å². The molecule has 0 amide bonds. The van der Waals surface area contributed by atoms with Crippen LogP contribution in [0, 0.1) is 11.3 Å². The van der Waals surface area contributed by atoms with Crippen LogP contribution in [0.5, 0.6) is 5.75 Å². The van der Waals surface area contributed by atoms with Crippen molar-refractivity contribution in [1.82, 2.24) is 5.32 Å². The Labute approximate surface area is 166 Å². The first-order valence-electron chi connectivity index (χ1n) is 9.69. The maximum atomic E-state index is 13.2. The lowest BCUT2D eigenvalue weighted by Crippen LogP contribution is -2.44. The van der Waals surface area contributed by atoms with E-state index in [0.29, 0.717) is 23.4 Å². The molecule has 3 rings (SSSR count). The Morgan fingerprint density at radius 3 is 2.64 bits per heavy atom. The van der Waals surface area contributed by atoms with Crippen molar-refractivity contribution in [3.05, 3.63) is 53.4 Å². The fourth-order valence-electron chi connectivity index (χ4n) is 4.22. The van der Waals surface area contributed by atoms with E-state index in [4.69, 9.17) is 9.47 Å². The first-order chi connectivity index (χ1) is 13.1. The zero-order chi connectivity index (χ0) is 20.6. The predicted molar refractivity (Wildman–Crippen MR) is 108 cm³/mol. The van der Waals surface area contributed by atoms with Gasteiger partial charge in [-0.2, -0.15) is 0 Å². The number of hydrogen-bond donors (Lipinski definition) is 1. The number of allylic oxidation sites excluding steroid dienone is 2. The Hall–Kier alpha value is -2.56. The maximum Gasteiger partial charge on any atom is 0.316 e. The van der Waals surface area contributed by atoms with Crippen LogP contribution in [0.4, 0.5) is 0 Å². The number of ketones is 1. The average Bonchev–Trinajstić information content (AvgIpc) is 2.58. The van der Waals surface area contributed by atoms with E-state index >= 15 is 0 Å². The molecular weight excluding hydrogens is 354 g/mol. The summed E-state index contributed by atoms with van der Waals surface area (Å²) in [4.78, 5) is 26.1. The summed E-state index contributed by atoms with van der Waals surface area (Å²) in [6, 6.07) is 7.54. The van der Waals surface area contributed by atoms with Crippen molar-refractivity contribution in [3.8, 4) is 5.75 Å². The first-order valence-corrected chi connectivity index (χ1v) is 9.69. The third kappa shape index (κ3) is 3.84. The largest absolute Gasteiger partial charge is 0.497 e. The minimum Gasteiger partial charge on any atom is -0.497 e. The molecule has 0 saturated heterocycles. The van der Waals surface area contributed by atoms with E-state index in [1.807, 2.05) is 38.1 Å². The van der Waals surface area contributed by atoms with Gasteiger partial charge in [0, 0.05) is 29.3 Å². The van der Waals surface area contributed by atoms with Gasteiger partial charge >= 0.3 is 5.97 Å². The molecule has 2 unspecified atom stereocenters. The van der Waals surface area contributed by atoms with E-state index < -0.39 is 11.8 Å². The Kier molecular flexibility index (Phi) is 5.37. The van der Waals surface area contributed by atoms with Gasteiger partial charge in [-0.25, -0.2) is 0 Å². The fraction of sp³-hybridized carbons (Fsp3) is 0.478. The van der Waals surface area contributed by atoms with Crippen LogP contribution in [-0.2, 0) is 14.3 Å². The van der Waals surface area contributed by atoms with Gasteiger partial charge in [0.25, 0.3) is 0 Å². The number of rotatable bonds is 4. The van der Waals surface area contributed by atoms with Gasteiger partial charge in [0.15, 0.2) is 5.78 Å². The van der Waals surface area contributed by atoms with Crippen LogP contribution >= 0.6 is 0 Å². The zero-order valence-electron chi connectivity index (χ0n) is 17.3. The number of methoxy groups -OCH3 is 1. The molecule has 0 bridgehead atoms. The van der Waals surface area contributed by atoms with Gasteiger partial charge < -0.3 is 14.8 Å². The highest BCUT2D eigenvalue weighted by Gasteiger charge is 2.46. The molecule has 0 aromatic heterocycles. The third-order valence-corrected chi connectivity index (χ3v) is 5.31.